The molecule has 5 nitrogen and oxygen atoms in total. The lowest BCUT2D eigenvalue weighted by Gasteiger charge is -2.26. The fraction of sp³-hybridized carbons (Fsp3) is 0.261. The number of para-hydroxylation sites is 2. The molecule has 1 amide bonds. The normalized spacial score (nSPS) is 16.7. The molecule has 0 fully saturated rings. The van der Waals surface area contributed by atoms with Crippen LogP contribution in [0.25, 0.3) is 10.9 Å². The fourth-order valence-electron chi connectivity index (χ4n) is 3.85. The standard InChI is InChI=1S/C23H22N2O3/c1-14-12-19(18-9-5-6-10-20(18)24-14)23(27)28-16(3)22(26)25-15(2)13-17-8-4-7-11-21(17)25/h4-12,15-16H,13H2,1-3H3/t15-,16-/m1/s1. The zero-order valence-corrected chi connectivity index (χ0v) is 16.2. The maximum Gasteiger partial charge on any atom is 0.339 e. The van der Waals surface area contributed by atoms with Gasteiger partial charge in [0.2, 0.25) is 0 Å². The Morgan fingerprint density at radius 1 is 1.14 bits per heavy atom. The van der Waals surface area contributed by atoms with E-state index in [4.69, 9.17) is 4.74 Å². The van der Waals surface area contributed by atoms with Gasteiger partial charge < -0.3 is 9.64 Å². The van der Waals surface area contributed by atoms with Crippen molar-refractivity contribution in [3.8, 4) is 0 Å². The number of aryl methyl sites for hydroxylation is 1. The summed E-state index contributed by atoms with van der Waals surface area (Å²) in [5.74, 6) is -0.719. The van der Waals surface area contributed by atoms with Crippen molar-refractivity contribution in [1.82, 2.24) is 4.98 Å². The van der Waals surface area contributed by atoms with E-state index in [1.165, 1.54) is 0 Å². The van der Waals surface area contributed by atoms with Gasteiger partial charge in [0.25, 0.3) is 5.91 Å². The Morgan fingerprint density at radius 2 is 1.86 bits per heavy atom. The second-order valence-electron chi connectivity index (χ2n) is 7.27. The molecule has 1 aliphatic heterocycles. The first kappa shape index (κ1) is 18.2. The number of fused-ring (bicyclic) bond motifs is 2. The molecule has 0 saturated carbocycles. The number of benzene rings is 2. The van der Waals surface area contributed by atoms with Gasteiger partial charge in [-0.05, 0) is 51.0 Å². The molecule has 0 unspecified atom stereocenters. The van der Waals surface area contributed by atoms with Gasteiger partial charge >= 0.3 is 5.97 Å². The van der Waals surface area contributed by atoms with E-state index in [-0.39, 0.29) is 11.9 Å². The number of ether oxygens (including phenoxy) is 1. The Labute approximate surface area is 163 Å². The van der Waals surface area contributed by atoms with Gasteiger partial charge in [0.1, 0.15) is 0 Å². The monoisotopic (exact) mass is 374 g/mol. The van der Waals surface area contributed by atoms with Gasteiger partial charge in [-0.3, -0.25) is 9.78 Å². The van der Waals surface area contributed by atoms with E-state index in [1.54, 1.807) is 17.9 Å². The molecular weight excluding hydrogens is 352 g/mol. The van der Waals surface area contributed by atoms with Gasteiger partial charge in [-0.2, -0.15) is 0 Å². The molecule has 0 bridgehead atoms. The molecule has 2 atom stereocenters. The number of amides is 1. The quantitative estimate of drug-likeness (QED) is 0.649. The highest BCUT2D eigenvalue weighted by molar-refractivity contribution is 6.05. The third kappa shape index (κ3) is 3.13. The number of carbonyl (C=O) groups excluding carboxylic acids is 2. The van der Waals surface area contributed by atoms with Crippen LogP contribution < -0.4 is 4.90 Å². The van der Waals surface area contributed by atoms with Gasteiger partial charge in [0.05, 0.1) is 11.1 Å². The van der Waals surface area contributed by atoms with Crippen molar-refractivity contribution < 1.29 is 14.3 Å². The lowest BCUT2D eigenvalue weighted by molar-refractivity contribution is -0.126. The SMILES string of the molecule is Cc1cc(C(=O)O[C@H](C)C(=O)N2c3ccccc3C[C@H]2C)c2ccccc2n1. The molecule has 0 spiro atoms. The van der Waals surface area contributed by atoms with E-state index in [2.05, 4.69) is 4.98 Å². The summed E-state index contributed by atoms with van der Waals surface area (Å²) >= 11 is 0. The number of esters is 1. The van der Waals surface area contributed by atoms with Crippen LogP contribution >= 0.6 is 0 Å². The Kier molecular flexibility index (Phi) is 4.59. The number of pyridine rings is 1. The zero-order chi connectivity index (χ0) is 19.8. The number of nitrogens with zero attached hydrogens (tertiary/aromatic N) is 2. The van der Waals surface area contributed by atoms with Crippen molar-refractivity contribution in [2.24, 2.45) is 0 Å². The lowest BCUT2D eigenvalue weighted by atomic mass is 10.1. The summed E-state index contributed by atoms with van der Waals surface area (Å²) in [4.78, 5) is 32.1. The molecular formula is C23H22N2O3. The van der Waals surface area contributed by atoms with Crippen LogP contribution in [-0.4, -0.2) is 29.0 Å². The van der Waals surface area contributed by atoms with Gasteiger partial charge in [-0.15, -0.1) is 0 Å². The minimum atomic E-state index is -0.881. The molecule has 28 heavy (non-hydrogen) atoms. The van der Waals surface area contributed by atoms with Crippen molar-refractivity contribution in [3.05, 3.63) is 71.4 Å². The molecule has 0 saturated heterocycles. The van der Waals surface area contributed by atoms with Gasteiger partial charge in [0.15, 0.2) is 6.10 Å². The third-order valence-electron chi connectivity index (χ3n) is 5.14. The summed E-state index contributed by atoms with van der Waals surface area (Å²) in [7, 11) is 0. The van der Waals surface area contributed by atoms with E-state index in [0.717, 1.165) is 34.3 Å². The molecule has 142 valence electrons. The van der Waals surface area contributed by atoms with Crippen LogP contribution in [0, 0.1) is 6.92 Å². The van der Waals surface area contributed by atoms with E-state index in [0.29, 0.717) is 5.56 Å². The zero-order valence-electron chi connectivity index (χ0n) is 16.2. The number of rotatable bonds is 3. The van der Waals surface area contributed by atoms with E-state index >= 15 is 0 Å². The van der Waals surface area contributed by atoms with E-state index < -0.39 is 12.1 Å². The maximum absolute atomic E-state index is 13.1. The highest BCUT2D eigenvalue weighted by atomic mass is 16.5. The van der Waals surface area contributed by atoms with Gasteiger partial charge in [-0.25, -0.2) is 4.79 Å². The molecule has 0 radical (unpaired) electrons. The van der Waals surface area contributed by atoms with Crippen LogP contribution in [0.5, 0.6) is 0 Å². The Morgan fingerprint density at radius 3 is 2.68 bits per heavy atom. The van der Waals surface area contributed by atoms with E-state index in [1.807, 2.05) is 62.4 Å². The van der Waals surface area contributed by atoms with Crippen LogP contribution in [0.3, 0.4) is 0 Å². The number of aromatic nitrogens is 1. The summed E-state index contributed by atoms with van der Waals surface area (Å²) < 4.78 is 5.58. The fourth-order valence-corrected chi connectivity index (χ4v) is 3.85. The van der Waals surface area contributed by atoms with Crippen LogP contribution in [0.4, 0.5) is 5.69 Å². The van der Waals surface area contributed by atoms with Crippen LogP contribution in [0.15, 0.2) is 54.6 Å². The Balaban J connectivity index is 1.58. The van der Waals surface area contributed by atoms with Crippen molar-refractivity contribution in [2.45, 2.75) is 39.3 Å². The second-order valence-corrected chi connectivity index (χ2v) is 7.27. The summed E-state index contributed by atoms with van der Waals surface area (Å²) in [6.07, 6.45) is -0.0788. The van der Waals surface area contributed by atoms with Crippen molar-refractivity contribution >= 4 is 28.5 Å². The van der Waals surface area contributed by atoms with Gasteiger partial charge in [0, 0.05) is 22.8 Å². The Hall–Kier alpha value is -3.21. The van der Waals surface area contributed by atoms with Crippen LogP contribution in [-0.2, 0) is 16.0 Å². The molecule has 3 aromatic rings. The number of hydrogen-bond acceptors (Lipinski definition) is 4. The second kappa shape index (κ2) is 7.08. The molecule has 0 N–H and O–H groups in total. The summed E-state index contributed by atoms with van der Waals surface area (Å²) in [6, 6.07) is 17.0. The lowest BCUT2D eigenvalue weighted by Crippen LogP contribution is -2.43. The highest BCUT2D eigenvalue weighted by Crippen LogP contribution is 2.32. The van der Waals surface area contributed by atoms with E-state index in [9.17, 15) is 9.59 Å². The summed E-state index contributed by atoms with van der Waals surface area (Å²) in [5, 5.41) is 0.720. The van der Waals surface area contributed by atoms with Crippen LogP contribution in [0.1, 0.15) is 35.5 Å². The molecule has 4 rings (SSSR count). The minimum Gasteiger partial charge on any atom is -0.449 e. The first-order valence-corrected chi connectivity index (χ1v) is 9.44. The van der Waals surface area contributed by atoms with Gasteiger partial charge in [-0.1, -0.05) is 36.4 Å². The number of anilines is 1. The average molecular weight is 374 g/mol. The molecule has 0 aliphatic carbocycles. The molecule has 1 aromatic heterocycles. The predicted molar refractivity (Wildman–Crippen MR) is 108 cm³/mol. The first-order valence-electron chi connectivity index (χ1n) is 9.44. The topological polar surface area (TPSA) is 59.5 Å². The first-order chi connectivity index (χ1) is 13.5. The maximum atomic E-state index is 13.1. The minimum absolute atomic E-state index is 0.0371. The Bertz CT molecular complexity index is 1080. The summed E-state index contributed by atoms with van der Waals surface area (Å²) in [6.45, 7) is 5.47. The average Bonchev–Trinajstić information content (AvgIpc) is 3.02. The molecule has 2 heterocycles. The highest BCUT2D eigenvalue weighted by Gasteiger charge is 2.34. The molecule has 1 aliphatic rings. The smallest absolute Gasteiger partial charge is 0.339 e. The largest absolute Gasteiger partial charge is 0.449 e. The molecule has 5 heteroatoms. The third-order valence-corrected chi connectivity index (χ3v) is 5.14. The number of hydrogen-bond donors (Lipinski definition) is 0. The van der Waals surface area contributed by atoms with Crippen molar-refractivity contribution in [3.63, 3.8) is 0 Å². The predicted octanol–water partition coefficient (Wildman–Crippen LogP) is 4.07. The molecule has 2 aromatic carbocycles. The van der Waals surface area contributed by atoms with Crippen molar-refractivity contribution in [1.29, 1.82) is 0 Å². The van der Waals surface area contributed by atoms with Crippen molar-refractivity contribution in [2.75, 3.05) is 4.90 Å². The summed E-state index contributed by atoms with van der Waals surface area (Å²) in [5.41, 5.74) is 3.92. The van der Waals surface area contributed by atoms with Crippen LogP contribution in [0.2, 0.25) is 0 Å². The number of carbonyl (C=O) groups is 2.